The van der Waals surface area contributed by atoms with Gasteiger partial charge in [0.2, 0.25) is 0 Å². The summed E-state index contributed by atoms with van der Waals surface area (Å²) in [7, 11) is 0. The second kappa shape index (κ2) is 5.07. The summed E-state index contributed by atoms with van der Waals surface area (Å²) in [4.78, 5) is 11.9. The molecule has 2 N–H and O–H groups in total. The van der Waals surface area contributed by atoms with Crippen LogP contribution in [0.3, 0.4) is 0 Å². The zero-order valence-electron chi connectivity index (χ0n) is 9.88. The lowest BCUT2D eigenvalue weighted by Crippen LogP contribution is -2.15. The summed E-state index contributed by atoms with van der Waals surface area (Å²) >= 11 is 6.16. The van der Waals surface area contributed by atoms with Gasteiger partial charge in [0.1, 0.15) is 5.75 Å². The number of nitrogens with two attached hydrogens (primary N) is 1. The van der Waals surface area contributed by atoms with E-state index in [4.69, 9.17) is 22.1 Å². The fourth-order valence-corrected chi connectivity index (χ4v) is 2.49. The standard InChI is InChI=1S/C13H16ClNO2/c1-8-9-3-2-6-17-13(9)11(14)7-10(8)12(16)4-5-15/h7H,2-6,15H2,1H3. The molecule has 1 aromatic carbocycles. The van der Waals surface area contributed by atoms with Crippen LogP contribution in [-0.4, -0.2) is 18.9 Å². The van der Waals surface area contributed by atoms with E-state index in [2.05, 4.69) is 0 Å². The Kier molecular flexibility index (Phi) is 3.69. The number of Topliss-reactive ketones (excluding diaryl/α,β-unsaturated/α-hetero) is 1. The van der Waals surface area contributed by atoms with Crippen molar-refractivity contribution in [3.8, 4) is 5.75 Å². The van der Waals surface area contributed by atoms with Gasteiger partial charge in [0, 0.05) is 12.0 Å². The van der Waals surface area contributed by atoms with Crippen molar-refractivity contribution in [2.45, 2.75) is 26.2 Å². The maximum Gasteiger partial charge on any atom is 0.164 e. The molecule has 0 saturated carbocycles. The van der Waals surface area contributed by atoms with Crippen molar-refractivity contribution in [2.24, 2.45) is 5.73 Å². The number of hydrogen-bond donors (Lipinski definition) is 1. The van der Waals surface area contributed by atoms with Crippen LogP contribution in [0, 0.1) is 6.92 Å². The number of hydrogen-bond acceptors (Lipinski definition) is 3. The first-order valence-corrected chi connectivity index (χ1v) is 6.21. The van der Waals surface area contributed by atoms with Crippen LogP contribution in [0.2, 0.25) is 5.02 Å². The molecule has 0 aromatic heterocycles. The molecule has 1 heterocycles. The Balaban J connectivity index is 2.48. The molecule has 0 aliphatic carbocycles. The molecular formula is C13H16ClNO2. The quantitative estimate of drug-likeness (QED) is 0.842. The molecule has 2 rings (SSSR count). The van der Waals surface area contributed by atoms with Crippen LogP contribution in [0.25, 0.3) is 0 Å². The molecule has 0 amide bonds. The largest absolute Gasteiger partial charge is 0.492 e. The summed E-state index contributed by atoms with van der Waals surface area (Å²) in [6, 6.07) is 1.71. The van der Waals surface area contributed by atoms with Crippen LogP contribution in [0.1, 0.15) is 34.3 Å². The number of benzene rings is 1. The molecule has 4 heteroatoms. The smallest absolute Gasteiger partial charge is 0.164 e. The fourth-order valence-electron chi connectivity index (χ4n) is 2.21. The lowest BCUT2D eigenvalue weighted by Gasteiger charge is -2.22. The van der Waals surface area contributed by atoms with Crippen LogP contribution < -0.4 is 10.5 Å². The summed E-state index contributed by atoms with van der Waals surface area (Å²) in [6.45, 7) is 3.01. The number of carbonyl (C=O) groups is 1. The van der Waals surface area contributed by atoms with Crippen molar-refractivity contribution in [3.05, 3.63) is 27.8 Å². The molecule has 0 fully saturated rings. The predicted molar refractivity (Wildman–Crippen MR) is 68.0 cm³/mol. The Morgan fingerprint density at radius 3 is 3.06 bits per heavy atom. The minimum atomic E-state index is 0.0558. The van der Waals surface area contributed by atoms with Crippen LogP contribution in [0.5, 0.6) is 5.75 Å². The van der Waals surface area contributed by atoms with Gasteiger partial charge in [-0.1, -0.05) is 11.6 Å². The first-order chi connectivity index (χ1) is 8.15. The molecule has 17 heavy (non-hydrogen) atoms. The molecule has 0 saturated heterocycles. The SMILES string of the molecule is Cc1c(C(=O)CCN)cc(Cl)c2c1CCCO2. The van der Waals surface area contributed by atoms with E-state index >= 15 is 0 Å². The lowest BCUT2D eigenvalue weighted by atomic mass is 9.93. The van der Waals surface area contributed by atoms with E-state index in [1.165, 1.54) is 0 Å². The van der Waals surface area contributed by atoms with E-state index in [1.54, 1.807) is 6.07 Å². The van der Waals surface area contributed by atoms with Crippen LogP contribution in [-0.2, 0) is 6.42 Å². The van der Waals surface area contributed by atoms with Gasteiger partial charge in [-0.3, -0.25) is 4.79 Å². The van der Waals surface area contributed by atoms with Gasteiger partial charge in [-0.05, 0) is 43.5 Å². The average molecular weight is 254 g/mol. The highest BCUT2D eigenvalue weighted by molar-refractivity contribution is 6.32. The molecule has 1 aliphatic heterocycles. The molecular weight excluding hydrogens is 238 g/mol. The number of rotatable bonds is 3. The van der Waals surface area contributed by atoms with Crippen molar-refractivity contribution >= 4 is 17.4 Å². The monoisotopic (exact) mass is 253 g/mol. The second-order valence-electron chi connectivity index (χ2n) is 4.25. The van der Waals surface area contributed by atoms with E-state index < -0.39 is 0 Å². The number of carbonyl (C=O) groups excluding carboxylic acids is 1. The molecule has 1 aromatic rings. The summed E-state index contributed by atoms with van der Waals surface area (Å²) in [6.07, 6.45) is 2.25. The van der Waals surface area contributed by atoms with E-state index in [1.807, 2.05) is 6.92 Å². The Morgan fingerprint density at radius 1 is 1.59 bits per heavy atom. The van der Waals surface area contributed by atoms with Crippen LogP contribution in [0.15, 0.2) is 6.07 Å². The summed E-state index contributed by atoms with van der Waals surface area (Å²) in [5.41, 5.74) is 8.16. The number of ether oxygens (including phenoxy) is 1. The zero-order chi connectivity index (χ0) is 12.4. The molecule has 0 bridgehead atoms. The van der Waals surface area contributed by atoms with Crippen molar-refractivity contribution in [1.29, 1.82) is 0 Å². The van der Waals surface area contributed by atoms with Gasteiger partial charge in [-0.15, -0.1) is 0 Å². The summed E-state index contributed by atoms with van der Waals surface area (Å²) in [5, 5.41) is 0.533. The first-order valence-electron chi connectivity index (χ1n) is 5.83. The third-order valence-corrected chi connectivity index (χ3v) is 3.39. The summed E-state index contributed by atoms with van der Waals surface area (Å²) in [5.74, 6) is 0.806. The first kappa shape index (κ1) is 12.4. The van der Waals surface area contributed by atoms with Crippen molar-refractivity contribution in [3.63, 3.8) is 0 Å². The lowest BCUT2D eigenvalue weighted by molar-refractivity contribution is 0.0984. The number of fused-ring (bicyclic) bond motifs is 1. The fraction of sp³-hybridized carbons (Fsp3) is 0.462. The van der Waals surface area contributed by atoms with Crippen molar-refractivity contribution in [1.82, 2.24) is 0 Å². The van der Waals surface area contributed by atoms with Gasteiger partial charge in [0.15, 0.2) is 5.78 Å². The van der Waals surface area contributed by atoms with Gasteiger partial charge >= 0.3 is 0 Å². The average Bonchev–Trinajstić information content (AvgIpc) is 2.34. The van der Waals surface area contributed by atoms with Gasteiger partial charge in [0.05, 0.1) is 11.6 Å². The highest BCUT2D eigenvalue weighted by Crippen LogP contribution is 2.37. The van der Waals surface area contributed by atoms with Crippen molar-refractivity contribution < 1.29 is 9.53 Å². The van der Waals surface area contributed by atoms with Gasteiger partial charge < -0.3 is 10.5 Å². The predicted octanol–water partition coefficient (Wildman–Crippen LogP) is 2.50. The number of ketones is 1. The van der Waals surface area contributed by atoms with E-state index in [0.29, 0.717) is 30.2 Å². The summed E-state index contributed by atoms with van der Waals surface area (Å²) < 4.78 is 5.56. The van der Waals surface area contributed by atoms with Crippen LogP contribution >= 0.6 is 11.6 Å². The number of halogens is 1. The van der Waals surface area contributed by atoms with E-state index in [-0.39, 0.29) is 5.78 Å². The van der Waals surface area contributed by atoms with Gasteiger partial charge in [-0.25, -0.2) is 0 Å². The highest BCUT2D eigenvalue weighted by Gasteiger charge is 2.21. The maximum atomic E-state index is 11.9. The minimum Gasteiger partial charge on any atom is -0.492 e. The Hall–Kier alpha value is -1.06. The molecule has 92 valence electrons. The Morgan fingerprint density at radius 2 is 2.35 bits per heavy atom. The zero-order valence-corrected chi connectivity index (χ0v) is 10.6. The third-order valence-electron chi connectivity index (χ3n) is 3.11. The molecule has 0 unspecified atom stereocenters. The molecule has 0 spiro atoms. The van der Waals surface area contributed by atoms with Gasteiger partial charge in [0.25, 0.3) is 0 Å². The minimum absolute atomic E-state index is 0.0558. The topological polar surface area (TPSA) is 52.3 Å². The van der Waals surface area contributed by atoms with Crippen molar-refractivity contribution in [2.75, 3.05) is 13.2 Å². The van der Waals surface area contributed by atoms with E-state index in [0.717, 1.165) is 29.7 Å². The normalized spacial score (nSPS) is 14.1. The van der Waals surface area contributed by atoms with Crippen LogP contribution in [0.4, 0.5) is 0 Å². The third kappa shape index (κ3) is 2.31. The molecule has 1 aliphatic rings. The maximum absolute atomic E-state index is 11.9. The molecule has 0 atom stereocenters. The second-order valence-corrected chi connectivity index (χ2v) is 4.66. The Labute approximate surface area is 106 Å². The Bertz CT molecular complexity index is 457. The van der Waals surface area contributed by atoms with Gasteiger partial charge in [-0.2, -0.15) is 0 Å². The molecule has 0 radical (unpaired) electrons. The highest BCUT2D eigenvalue weighted by atomic mass is 35.5. The van der Waals surface area contributed by atoms with E-state index in [9.17, 15) is 4.79 Å². The molecule has 3 nitrogen and oxygen atoms in total.